The van der Waals surface area contributed by atoms with Crippen LogP contribution in [0.15, 0.2) is 12.1 Å². The molecule has 44 heavy (non-hydrogen) atoms. The molecule has 0 radical (unpaired) electrons. The van der Waals surface area contributed by atoms with Crippen molar-refractivity contribution in [3.8, 4) is 0 Å². The number of nitrogens with zero attached hydrogens (tertiary/aromatic N) is 12. The van der Waals surface area contributed by atoms with Crippen LogP contribution in [-0.4, -0.2) is 89.1 Å². The largest absolute Gasteiger partial charge is 0.370 e. The van der Waals surface area contributed by atoms with E-state index in [1.807, 2.05) is 55.4 Å². The molecule has 0 aliphatic rings. The second-order valence-corrected chi connectivity index (χ2v) is 10.9. The zero-order valence-electron chi connectivity index (χ0n) is 27.2. The van der Waals surface area contributed by atoms with Gasteiger partial charge in [-0.05, 0) is 80.4 Å². The Morgan fingerprint density at radius 1 is 0.455 bits per heavy atom. The van der Waals surface area contributed by atoms with Crippen molar-refractivity contribution < 1.29 is 0 Å². The minimum Gasteiger partial charge on any atom is -0.370 e. The van der Waals surface area contributed by atoms with Crippen molar-refractivity contribution in [2.45, 2.75) is 68.2 Å². The fourth-order valence-corrected chi connectivity index (χ4v) is 4.99. The molecule has 14 heteroatoms. The van der Waals surface area contributed by atoms with Crippen LogP contribution in [0.4, 0.5) is 23.5 Å². The van der Waals surface area contributed by atoms with Crippen LogP contribution in [-0.2, 0) is 0 Å². The lowest BCUT2D eigenvalue weighted by molar-refractivity contribution is 0.672. The van der Waals surface area contributed by atoms with Gasteiger partial charge in [0.1, 0.15) is 34.9 Å². The molecule has 2 N–H and O–H groups in total. The molecule has 0 amide bonds. The average Bonchev–Trinajstić information content (AvgIpc) is 2.91. The summed E-state index contributed by atoms with van der Waals surface area (Å²) in [6.07, 6.45) is 1.73. The molecule has 0 aromatic carbocycles. The number of hydrogen-bond acceptors (Lipinski definition) is 14. The molecule has 0 fully saturated rings. The van der Waals surface area contributed by atoms with E-state index in [2.05, 4.69) is 82.4 Å². The maximum atomic E-state index is 4.69. The lowest BCUT2D eigenvalue weighted by atomic mass is 10.2. The second-order valence-electron chi connectivity index (χ2n) is 10.9. The molecule has 0 saturated carbocycles. The van der Waals surface area contributed by atoms with Gasteiger partial charge in [-0.15, -0.1) is 0 Å². The van der Waals surface area contributed by atoms with Crippen molar-refractivity contribution in [3.63, 3.8) is 0 Å². The molecule has 0 aliphatic heterocycles. The summed E-state index contributed by atoms with van der Waals surface area (Å²) in [7, 11) is 0. The normalized spacial score (nSPS) is 11.0. The number of anilines is 4. The molecule has 4 aromatic rings. The van der Waals surface area contributed by atoms with Crippen molar-refractivity contribution in [1.82, 2.24) is 49.8 Å². The van der Waals surface area contributed by atoms with Gasteiger partial charge < -0.3 is 20.4 Å². The maximum Gasteiger partial charge on any atom is 0.228 e. The van der Waals surface area contributed by atoms with E-state index in [0.29, 0.717) is 59.3 Å². The fraction of sp³-hybridized carbons (Fsp3) is 0.533. The van der Waals surface area contributed by atoms with Crippen LogP contribution in [0.2, 0.25) is 0 Å². The fourth-order valence-electron chi connectivity index (χ4n) is 4.99. The van der Waals surface area contributed by atoms with Crippen LogP contribution in [0, 0.1) is 55.4 Å². The van der Waals surface area contributed by atoms with E-state index < -0.39 is 0 Å². The Labute approximate surface area is 259 Å². The standard InChI is InChI=1S/C30H44N14/c1-19-17-27(18-20(2)33-19)43(13-9-11-31-28-37-21(3)34-22(4)38-28)15-16-44(30-41-25(7)36-26(8)42-30)14-10-12-32-29-39-23(5)35-24(6)40-29/h17-18H,9-16H2,1-8H3,(H,31,34,37,38)(H,32,35,39,40). The Morgan fingerprint density at radius 2 is 0.841 bits per heavy atom. The first-order chi connectivity index (χ1) is 21.0. The van der Waals surface area contributed by atoms with Gasteiger partial charge in [0.2, 0.25) is 17.8 Å². The van der Waals surface area contributed by atoms with E-state index in [1.165, 1.54) is 0 Å². The Hall–Kier alpha value is -4.62. The summed E-state index contributed by atoms with van der Waals surface area (Å²) in [5.41, 5.74) is 3.14. The molecule has 4 rings (SSSR count). The van der Waals surface area contributed by atoms with Gasteiger partial charge in [0.25, 0.3) is 0 Å². The topological polar surface area (TPSA) is 159 Å². The van der Waals surface area contributed by atoms with Gasteiger partial charge >= 0.3 is 0 Å². The van der Waals surface area contributed by atoms with Crippen LogP contribution < -0.4 is 20.4 Å². The minimum absolute atomic E-state index is 0.596. The minimum atomic E-state index is 0.596. The van der Waals surface area contributed by atoms with Crippen LogP contribution >= 0.6 is 0 Å². The van der Waals surface area contributed by atoms with Crippen LogP contribution in [0.3, 0.4) is 0 Å². The Morgan fingerprint density at radius 3 is 1.30 bits per heavy atom. The Bertz CT molecular complexity index is 1350. The lowest BCUT2D eigenvalue weighted by Crippen LogP contribution is -2.38. The third-order valence-electron chi connectivity index (χ3n) is 6.70. The highest BCUT2D eigenvalue weighted by atomic mass is 15.3. The molecule has 14 nitrogen and oxygen atoms in total. The van der Waals surface area contributed by atoms with E-state index in [9.17, 15) is 0 Å². The van der Waals surface area contributed by atoms with E-state index in [1.54, 1.807) is 0 Å². The SMILES string of the molecule is Cc1cc(N(CCCNc2nc(C)nc(C)n2)CCN(CCCNc2nc(C)nc(C)n2)c2nc(C)nc(C)n2)cc(C)n1. The quantitative estimate of drug-likeness (QED) is 0.191. The summed E-state index contributed by atoms with van der Waals surface area (Å²) in [6, 6.07) is 4.28. The first-order valence-electron chi connectivity index (χ1n) is 15.0. The highest BCUT2D eigenvalue weighted by Crippen LogP contribution is 2.18. The van der Waals surface area contributed by atoms with Crippen molar-refractivity contribution in [1.29, 1.82) is 0 Å². The third kappa shape index (κ3) is 9.99. The maximum absolute atomic E-state index is 4.69. The van der Waals surface area contributed by atoms with Gasteiger partial charge in [-0.1, -0.05) is 0 Å². The highest BCUT2D eigenvalue weighted by Gasteiger charge is 2.16. The second kappa shape index (κ2) is 15.2. The van der Waals surface area contributed by atoms with E-state index >= 15 is 0 Å². The van der Waals surface area contributed by atoms with Crippen molar-refractivity contribution in [2.75, 3.05) is 59.7 Å². The van der Waals surface area contributed by atoms with Gasteiger partial charge in [-0.3, -0.25) is 4.98 Å². The van der Waals surface area contributed by atoms with Crippen molar-refractivity contribution in [3.05, 3.63) is 58.5 Å². The third-order valence-corrected chi connectivity index (χ3v) is 6.70. The van der Waals surface area contributed by atoms with Gasteiger partial charge in [-0.25, -0.2) is 15.0 Å². The molecule has 4 heterocycles. The number of pyridine rings is 1. The summed E-state index contributed by atoms with van der Waals surface area (Å²) < 4.78 is 0. The number of aromatic nitrogens is 10. The zero-order valence-corrected chi connectivity index (χ0v) is 27.2. The number of rotatable bonds is 15. The van der Waals surface area contributed by atoms with Gasteiger partial charge in [0, 0.05) is 56.3 Å². The molecular weight excluding hydrogens is 556 g/mol. The molecule has 0 unspecified atom stereocenters. The first kappa shape index (κ1) is 32.3. The summed E-state index contributed by atoms with van der Waals surface area (Å²) >= 11 is 0. The molecule has 234 valence electrons. The number of nitrogens with one attached hydrogen (secondary N) is 2. The van der Waals surface area contributed by atoms with Gasteiger partial charge in [0.05, 0.1) is 0 Å². The number of hydrogen-bond donors (Lipinski definition) is 2. The highest BCUT2D eigenvalue weighted by molar-refractivity contribution is 5.48. The number of aryl methyl sites for hydroxylation is 8. The van der Waals surface area contributed by atoms with Crippen LogP contribution in [0.5, 0.6) is 0 Å². The summed E-state index contributed by atoms with van der Waals surface area (Å²) in [5.74, 6) is 6.13. The predicted molar refractivity (Wildman–Crippen MR) is 172 cm³/mol. The van der Waals surface area contributed by atoms with E-state index in [0.717, 1.165) is 62.6 Å². The van der Waals surface area contributed by atoms with Crippen LogP contribution in [0.25, 0.3) is 0 Å². The van der Waals surface area contributed by atoms with Crippen molar-refractivity contribution >= 4 is 23.5 Å². The summed E-state index contributed by atoms with van der Waals surface area (Å²) in [4.78, 5) is 49.1. The predicted octanol–water partition coefficient (Wildman–Crippen LogP) is 3.42. The summed E-state index contributed by atoms with van der Waals surface area (Å²) in [6.45, 7) is 19.9. The molecular formula is C30H44N14. The smallest absolute Gasteiger partial charge is 0.228 e. The van der Waals surface area contributed by atoms with E-state index in [4.69, 9.17) is 0 Å². The Balaban J connectivity index is 1.45. The molecule has 0 bridgehead atoms. The molecule has 0 atom stereocenters. The summed E-state index contributed by atoms with van der Waals surface area (Å²) in [5, 5.41) is 6.69. The molecule has 4 aromatic heterocycles. The average molecular weight is 601 g/mol. The molecule has 0 aliphatic carbocycles. The Kier molecular flexibility index (Phi) is 11.2. The van der Waals surface area contributed by atoms with E-state index in [-0.39, 0.29) is 0 Å². The van der Waals surface area contributed by atoms with Crippen molar-refractivity contribution in [2.24, 2.45) is 0 Å². The van der Waals surface area contributed by atoms with Crippen LogP contribution in [0.1, 0.15) is 59.2 Å². The monoisotopic (exact) mass is 600 g/mol. The lowest BCUT2D eigenvalue weighted by Gasteiger charge is -2.30. The van der Waals surface area contributed by atoms with Gasteiger partial charge in [-0.2, -0.15) is 29.9 Å². The first-order valence-corrected chi connectivity index (χ1v) is 15.0. The molecule has 0 saturated heterocycles. The van der Waals surface area contributed by atoms with Gasteiger partial charge in [0.15, 0.2) is 0 Å². The zero-order chi connectivity index (χ0) is 31.6. The molecule has 0 spiro atoms.